The largest absolute Gasteiger partial charge is 0.467 e. The Bertz CT molecular complexity index is 1090. The lowest BCUT2D eigenvalue weighted by Gasteiger charge is -2.29. The van der Waals surface area contributed by atoms with Crippen molar-refractivity contribution in [3.63, 3.8) is 0 Å². The standard InChI is InChI=1S/C27H29FN2O4/c1-20-6-2-3-9-25(20)27(32)30(18-24-8-5-15-34-24)19-26(31)29(17-23-7-4-14-33-23)16-21-10-12-22(28)13-11-21/h2-4,6-7,9-14,24H,5,8,15-19H2,1H3. The van der Waals surface area contributed by atoms with Crippen LogP contribution >= 0.6 is 0 Å². The Morgan fingerprint density at radius 2 is 1.79 bits per heavy atom. The molecule has 6 nitrogen and oxygen atoms in total. The molecule has 34 heavy (non-hydrogen) atoms. The molecule has 0 N–H and O–H groups in total. The molecule has 1 atom stereocenters. The Labute approximate surface area is 198 Å². The summed E-state index contributed by atoms with van der Waals surface area (Å²) in [5, 5.41) is 0. The first-order valence-corrected chi connectivity index (χ1v) is 11.5. The van der Waals surface area contributed by atoms with Crippen LogP contribution in [0.5, 0.6) is 0 Å². The second-order valence-corrected chi connectivity index (χ2v) is 8.59. The molecule has 0 bridgehead atoms. The van der Waals surface area contributed by atoms with Crippen molar-refractivity contribution in [2.24, 2.45) is 0 Å². The summed E-state index contributed by atoms with van der Waals surface area (Å²) in [6, 6.07) is 17.0. The second-order valence-electron chi connectivity index (χ2n) is 8.59. The maximum absolute atomic E-state index is 13.5. The van der Waals surface area contributed by atoms with Gasteiger partial charge in [0.05, 0.1) is 18.9 Å². The molecule has 2 amide bonds. The number of benzene rings is 2. The molecule has 1 saturated heterocycles. The molecule has 178 valence electrons. The molecular weight excluding hydrogens is 435 g/mol. The van der Waals surface area contributed by atoms with Crippen LogP contribution in [0.25, 0.3) is 0 Å². The molecule has 1 aromatic heterocycles. The van der Waals surface area contributed by atoms with Crippen molar-refractivity contribution in [2.75, 3.05) is 19.7 Å². The van der Waals surface area contributed by atoms with E-state index < -0.39 is 0 Å². The van der Waals surface area contributed by atoms with Crippen molar-refractivity contribution in [3.05, 3.63) is 95.2 Å². The normalized spacial score (nSPS) is 15.3. The number of nitrogens with zero attached hydrogens (tertiary/aromatic N) is 2. The number of amides is 2. The van der Waals surface area contributed by atoms with Crippen molar-refractivity contribution in [2.45, 2.75) is 39.0 Å². The highest BCUT2D eigenvalue weighted by molar-refractivity contribution is 5.97. The Morgan fingerprint density at radius 3 is 2.47 bits per heavy atom. The third-order valence-corrected chi connectivity index (χ3v) is 6.00. The molecule has 1 aliphatic heterocycles. The fourth-order valence-electron chi connectivity index (χ4n) is 4.13. The highest BCUT2D eigenvalue weighted by atomic mass is 19.1. The number of carbonyl (C=O) groups is 2. The SMILES string of the molecule is Cc1ccccc1C(=O)N(CC(=O)N(Cc1ccc(F)cc1)Cc1ccco1)CC1CCCO1. The summed E-state index contributed by atoms with van der Waals surface area (Å²) in [6.45, 7) is 3.33. The smallest absolute Gasteiger partial charge is 0.254 e. The monoisotopic (exact) mass is 464 g/mol. The average molecular weight is 465 g/mol. The van der Waals surface area contributed by atoms with E-state index in [4.69, 9.17) is 9.15 Å². The predicted molar refractivity (Wildman–Crippen MR) is 125 cm³/mol. The van der Waals surface area contributed by atoms with Gasteiger partial charge in [-0.1, -0.05) is 30.3 Å². The number of rotatable bonds is 9. The molecule has 4 rings (SSSR count). The van der Waals surface area contributed by atoms with Gasteiger partial charge in [-0.2, -0.15) is 0 Å². The Kier molecular flexibility index (Phi) is 7.75. The maximum Gasteiger partial charge on any atom is 0.254 e. The number of furan rings is 1. The minimum atomic E-state index is -0.334. The van der Waals surface area contributed by atoms with Gasteiger partial charge in [0.25, 0.3) is 5.91 Å². The number of aryl methyl sites for hydroxylation is 1. The summed E-state index contributed by atoms with van der Waals surface area (Å²) >= 11 is 0. The van der Waals surface area contributed by atoms with Crippen LogP contribution in [0.4, 0.5) is 4.39 Å². The van der Waals surface area contributed by atoms with E-state index in [-0.39, 0.29) is 43.4 Å². The first kappa shape index (κ1) is 23.7. The van der Waals surface area contributed by atoms with Crippen LogP contribution in [0.3, 0.4) is 0 Å². The quantitative estimate of drug-likeness (QED) is 0.465. The molecule has 1 unspecified atom stereocenters. The summed E-state index contributed by atoms with van der Waals surface area (Å²) in [5.41, 5.74) is 2.22. The lowest BCUT2D eigenvalue weighted by atomic mass is 10.1. The van der Waals surface area contributed by atoms with Gasteiger partial charge in [0.15, 0.2) is 0 Å². The van der Waals surface area contributed by atoms with Crippen molar-refractivity contribution < 1.29 is 23.1 Å². The number of ether oxygens (including phenoxy) is 1. The van der Waals surface area contributed by atoms with Crippen molar-refractivity contribution in [1.82, 2.24) is 9.80 Å². The van der Waals surface area contributed by atoms with Gasteiger partial charge in [0.1, 0.15) is 18.1 Å². The molecule has 0 saturated carbocycles. The summed E-state index contributed by atoms with van der Waals surface area (Å²) in [7, 11) is 0. The van der Waals surface area contributed by atoms with Gasteiger partial charge in [0, 0.05) is 25.3 Å². The Morgan fingerprint density at radius 1 is 1.00 bits per heavy atom. The number of carbonyl (C=O) groups excluding carboxylic acids is 2. The zero-order valence-electron chi connectivity index (χ0n) is 19.3. The van der Waals surface area contributed by atoms with Crippen molar-refractivity contribution >= 4 is 11.8 Å². The number of hydrogen-bond acceptors (Lipinski definition) is 4. The topological polar surface area (TPSA) is 63.0 Å². The van der Waals surface area contributed by atoms with Gasteiger partial charge in [-0.15, -0.1) is 0 Å². The van der Waals surface area contributed by atoms with Gasteiger partial charge in [-0.05, 0) is 61.2 Å². The van der Waals surface area contributed by atoms with Crippen LogP contribution < -0.4 is 0 Å². The van der Waals surface area contributed by atoms with Gasteiger partial charge < -0.3 is 19.0 Å². The summed E-state index contributed by atoms with van der Waals surface area (Å²) in [5.74, 6) is -0.118. The molecule has 3 aromatic rings. The first-order chi connectivity index (χ1) is 16.5. The maximum atomic E-state index is 13.5. The minimum absolute atomic E-state index is 0.0867. The lowest BCUT2D eigenvalue weighted by molar-refractivity contribution is -0.133. The fraction of sp³-hybridized carbons (Fsp3) is 0.333. The van der Waals surface area contributed by atoms with Crippen molar-refractivity contribution in [1.29, 1.82) is 0 Å². The first-order valence-electron chi connectivity index (χ1n) is 11.5. The van der Waals surface area contributed by atoms with Crippen molar-refractivity contribution in [3.8, 4) is 0 Å². The van der Waals surface area contributed by atoms with Gasteiger partial charge in [-0.3, -0.25) is 9.59 Å². The molecule has 1 aliphatic rings. The van der Waals surface area contributed by atoms with Crippen LogP contribution in [0.15, 0.2) is 71.3 Å². The van der Waals surface area contributed by atoms with E-state index in [0.717, 1.165) is 24.0 Å². The highest BCUT2D eigenvalue weighted by Gasteiger charge is 2.28. The van der Waals surface area contributed by atoms with Crippen LogP contribution in [-0.4, -0.2) is 47.4 Å². The molecule has 2 aromatic carbocycles. The molecule has 1 fully saturated rings. The fourth-order valence-corrected chi connectivity index (χ4v) is 4.13. The van der Waals surface area contributed by atoms with E-state index >= 15 is 0 Å². The van der Waals surface area contributed by atoms with E-state index in [2.05, 4.69) is 0 Å². The van der Waals surface area contributed by atoms with E-state index in [0.29, 0.717) is 24.5 Å². The number of hydrogen-bond donors (Lipinski definition) is 0. The Balaban J connectivity index is 1.55. The van der Waals surface area contributed by atoms with Gasteiger partial charge >= 0.3 is 0 Å². The van der Waals surface area contributed by atoms with E-state index in [1.807, 2.05) is 25.1 Å². The van der Waals surface area contributed by atoms with E-state index in [1.54, 1.807) is 46.4 Å². The molecule has 0 radical (unpaired) electrons. The average Bonchev–Trinajstić information content (AvgIpc) is 3.54. The van der Waals surface area contributed by atoms with Crippen LogP contribution in [0.1, 0.15) is 40.1 Å². The molecule has 0 spiro atoms. The molecule has 0 aliphatic carbocycles. The molecular formula is C27H29FN2O4. The van der Waals surface area contributed by atoms with Crippen LogP contribution in [0, 0.1) is 12.7 Å². The summed E-state index contributed by atoms with van der Waals surface area (Å²) in [4.78, 5) is 30.2. The number of halogens is 1. The zero-order chi connectivity index (χ0) is 23.9. The van der Waals surface area contributed by atoms with E-state index in [1.165, 1.54) is 12.1 Å². The van der Waals surface area contributed by atoms with E-state index in [9.17, 15) is 14.0 Å². The summed E-state index contributed by atoms with van der Waals surface area (Å²) < 4.78 is 24.6. The second kappa shape index (κ2) is 11.1. The lowest BCUT2D eigenvalue weighted by Crippen LogP contribution is -2.45. The predicted octanol–water partition coefficient (Wildman–Crippen LogP) is 4.58. The minimum Gasteiger partial charge on any atom is -0.467 e. The van der Waals surface area contributed by atoms with Gasteiger partial charge in [-0.25, -0.2) is 4.39 Å². The molecule has 2 heterocycles. The van der Waals surface area contributed by atoms with Crippen LogP contribution in [0.2, 0.25) is 0 Å². The zero-order valence-corrected chi connectivity index (χ0v) is 19.3. The third-order valence-electron chi connectivity index (χ3n) is 6.00. The highest BCUT2D eigenvalue weighted by Crippen LogP contribution is 2.18. The van der Waals surface area contributed by atoms with Crippen LogP contribution in [-0.2, 0) is 22.6 Å². The summed E-state index contributed by atoms with van der Waals surface area (Å²) in [6.07, 6.45) is 3.27. The molecule has 7 heteroatoms. The third kappa shape index (κ3) is 6.11. The van der Waals surface area contributed by atoms with Gasteiger partial charge in [0.2, 0.25) is 5.91 Å². The Hall–Kier alpha value is -3.45.